The molecule has 9 nitrogen and oxygen atoms in total. The second-order valence-corrected chi connectivity index (χ2v) is 9.17. The van der Waals surface area contributed by atoms with E-state index in [1.807, 2.05) is 24.3 Å². The van der Waals surface area contributed by atoms with Gasteiger partial charge >= 0.3 is 0 Å². The van der Waals surface area contributed by atoms with Crippen LogP contribution in [0.3, 0.4) is 0 Å². The summed E-state index contributed by atoms with van der Waals surface area (Å²) >= 11 is 1.31. The molecule has 4 rings (SSSR count). The number of hydrogen-bond acceptors (Lipinski definition) is 6. The van der Waals surface area contributed by atoms with Gasteiger partial charge < -0.3 is 21.7 Å². The minimum Gasteiger partial charge on any atom is -0.370 e. The Morgan fingerprint density at radius 2 is 2.10 bits per heavy atom. The lowest BCUT2D eigenvalue weighted by molar-refractivity contribution is -0.138. The molecule has 1 aliphatic heterocycles. The zero-order valence-electron chi connectivity index (χ0n) is 17.3. The first kappa shape index (κ1) is 21.2. The van der Waals surface area contributed by atoms with Gasteiger partial charge in [-0.1, -0.05) is 12.1 Å². The van der Waals surface area contributed by atoms with Gasteiger partial charge in [0, 0.05) is 20.0 Å². The molecule has 4 atom stereocenters. The van der Waals surface area contributed by atoms with Gasteiger partial charge in [0.25, 0.3) is 0 Å². The molecule has 0 spiro atoms. The molecule has 3 unspecified atom stereocenters. The van der Waals surface area contributed by atoms with Gasteiger partial charge in [0.1, 0.15) is 6.04 Å². The van der Waals surface area contributed by atoms with Gasteiger partial charge in [-0.3, -0.25) is 19.4 Å². The predicted molar refractivity (Wildman–Crippen MR) is 119 cm³/mol. The number of aromatic nitrogens is 1. The number of nitrogens with one attached hydrogen (secondary N) is 1. The number of amides is 2. The van der Waals surface area contributed by atoms with Gasteiger partial charge in [0.2, 0.25) is 17.6 Å². The molecule has 1 aliphatic carbocycles. The number of thiazole rings is 1. The monoisotopic (exact) mass is 442 g/mol. The Morgan fingerprint density at radius 1 is 1.32 bits per heavy atom. The summed E-state index contributed by atoms with van der Waals surface area (Å²) in [5.74, 6) is -0.0702. The molecule has 2 aromatic rings. The summed E-state index contributed by atoms with van der Waals surface area (Å²) in [5, 5.41) is 3.26. The number of aliphatic imine (C=N–C) groups is 1. The molecule has 164 valence electrons. The highest BCUT2D eigenvalue weighted by Gasteiger charge is 2.56. The van der Waals surface area contributed by atoms with Crippen LogP contribution < -0.4 is 16.8 Å². The first-order valence-corrected chi connectivity index (χ1v) is 11.2. The zero-order valence-corrected chi connectivity index (χ0v) is 18.1. The quantitative estimate of drug-likeness (QED) is 0.240. The fourth-order valence-electron chi connectivity index (χ4n) is 4.28. The van der Waals surface area contributed by atoms with Gasteiger partial charge in [-0.2, -0.15) is 0 Å². The number of para-hydroxylation sites is 1. The highest BCUT2D eigenvalue weighted by Crippen LogP contribution is 2.49. The standard InChI is InChI=1S/C21H26N6O3S/c1-11(28)27-10-12-9-13(12)17(27)19(30)25-15(6-4-8-24-21(22)23)18(29)20-26-14-5-2-3-7-16(14)31-20/h2-3,5,7,12-13,15,17H,4,6,8-10H2,1H3,(H,25,30)(H4,22,23,24)/t12?,13?,15?,17-/m0/s1. The number of Topliss-reactive ketones (excluding diaryl/α,β-unsaturated/α-hetero) is 1. The minimum atomic E-state index is -0.756. The van der Waals surface area contributed by atoms with E-state index in [0.29, 0.717) is 36.9 Å². The second-order valence-electron chi connectivity index (χ2n) is 8.14. The maximum atomic E-state index is 13.3. The number of piperidine rings is 1. The Hall–Kier alpha value is -3.01. The van der Waals surface area contributed by atoms with Crippen LogP contribution in [0.15, 0.2) is 29.3 Å². The topological polar surface area (TPSA) is 144 Å². The number of nitrogens with zero attached hydrogens (tertiary/aromatic N) is 3. The van der Waals surface area contributed by atoms with Crippen molar-refractivity contribution in [2.45, 2.75) is 38.3 Å². The number of rotatable bonds is 8. The number of guanidine groups is 1. The molecule has 10 heteroatoms. The van der Waals surface area contributed by atoms with Crippen LogP contribution in [0.25, 0.3) is 10.2 Å². The van der Waals surface area contributed by atoms with E-state index in [1.54, 1.807) is 4.90 Å². The predicted octanol–water partition coefficient (Wildman–Crippen LogP) is 0.884. The highest BCUT2D eigenvalue weighted by molar-refractivity contribution is 7.20. The van der Waals surface area contributed by atoms with E-state index in [9.17, 15) is 14.4 Å². The summed E-state index contributed by atoms with van der Waals surface area (Å²) in [6.45, 7) is 2.44. The van der Waals surface area contributed by atoms with Gasteiger partial charge in [0.05, 0.1) is 16.3 Å². The largest absolute Gasteiger partial charge is 0.370 e. The van der Waals surface area contributed by atoms with Gasteiger partial charge in [-0.25, -0.2) is 4.98 Å². The van der Waals surface area contributed by atoms with Crippen LogP contribution in [0.4, 0.5) is 0 Å². The third-order valence-corrected chi connectivity index (χ3v) is 6.96. The van der Waals surface area contributed by atoms with E-state index < -0.39 is 12.1 Å². The fourth-order valence-corrected chi connectivity index (χ4v) is 5.24. The van der Waals surface area contributed by atoms with E-state index in [4.69, 9.17) is 11.5 Å². The summed E-state index contributed by atoms with van der Waals surface area (Å²) in [4.78, 5) is 48.4. The molecule has 5 N–H and O–H groups in total. The third-order valence-electron chi connectivity index (χ3n) is 5.91. The van der Waals surface area contributed by atoms with Crippen LogP contribution in [-0.4, -0.2) is 58.6 Å². The Balaban J connectivity index is 1.52. The maximum absolute atomic E-state index is 13.3. The van der Waals surface area contributed by atoms with Crippen molar-refractivity contribution >= 4 is 45.1 Å². The number of fused-ring (bicyclic) bond motifs is 2. The molecule has 1 aromatic heterocycles. The average molecular weight is 443 g/mol. The van der Waals surface area contributed by atoms with Crippen molar-refractivity contribution in [3.63, 3.8) is 0 Å². The van der Waals surface area contributed by atoms with Gasteiger partial charge in [-0.05, 0) is 43.2 Å². The van der Waals surface area contributed by atoms with Crippen molar-refractivity contribution in [2.75, 3.05) is 13.1 Å². The van der Waals surface area contributed by atoms with Gasteiger partial charge in [0.15, 0.2) is 11.0 Å². The Bertz CT molecular complexity index is 1010. The van der Waals surface area contributed by atoms with Crippen molar-refractivity contribution in [1.82, 2.24) is 15.2 Å². The molecule has 1 saturated carbocycles. The van der Waals surface area contributed by atoms with Crippen molar-refractivity contribution in [3.8, 4) is 0 Å². The molecule has 2 amide bonds. The van der Waals surface area contributed by atoms with Crippen molar-refractivity contribution in [1.29, 1.82) is 0 Å². The van der Waals surface area contributed by atoms with E-state index in [0.717, 1.165) is 16.6 Å². The number of hydrogen-bond donors (Lipinski definition) is 3. The SMILES string of the molecule is CC(=O)N1CC2CC2[C@H]1C(=O)NC(CCCN=C(N)N)C(=O)c1nc2ccccc2s1. The molecular formula is C21H26N6O3S. The Labute approximate surface area is 183 Å². The Morgan fingerprint density at radius 3 is 2.81 bits per heavy atom. The molecule has 31 heavy (non-hydrogen) atoms. The molecule has 2 fully saturated rings. The van der Waals surface area contributed by atoms with E-state index in [2.05, 4.69) is 15.3 Å². The summed E-state index contributed by atoms with van der Waals surface area (Å²) < 4.78 is 0.913. The number of ketones is 1. The maximum Gasteiger partial charge on any atom is 0.243 e. The first-order valence-electron chi connectivity index (χ1n) is 10.4. The van der Waals surface area contributed by atoms with Crippen molar-refractivity contribution < 1.29 is 14.4 Å². The summed E-state index contributed by atoms with van der Waals surface area (Å²) in [6.07, 6.45) is 1.84. The molecule has 0 radical (unpaired) electrons. The summed E-state index contributed by atoms with van der Waals surface area (Å²) in [5.41, 5.74) is 11.5. The number of carbonyl (C=O) groups excluding carboxylic acids is 3. The summed E-state index contributed by atoms with van der Waals surface area (Å²) in [6, 6.07) is 6.26. The minimum absolute atomic E-state index is 0.0130. The molecule has 2 aliphatic rings. The van der Waals surface area contributed by atoms with Crippen LogP contribution in [-0.2, 0) is 9.59 Å². The van der Waals surface area contributed by atoms with E-state index in [1.165, 1.54) is 18.3 Å². The molecule has 0 bridgehead atoms. The first-order chi connectivity index (χ1) is 14.8. The van der Waals surface area contributed by atoms with Crippen LogP contribution in [0.5, 0.6) is 0 Å². The van der Waals surface area contributed by atoms with Crippen molar-refractivity contribution in [3.05, 3.63) is 29.3 Å². The third kappa shape index (κ3) is 4.53. The molecule has 2 heterocycles. The molecule has 1 saturated heterocycles. The van der Waals surface area contributed by atoms with E-state index >= 15 is 0 Å². The van der Waals surface area contributed by atoms with Crippen LogP contribution >= 0.6 is 11.3 Å². The van der Waals surface area contributed by atoms with Crippen LogP contribution in [0, 0.1) is 11.8 Å². The van der Waals surface area contributed by atoms with E-state index in [-0.39, 0.29) is 29.5 Å². The van der Waals surface area contributed by atoms with Crippen LogP contribution in [0.1, 0.15) is 36.0 Å². The summed E-state index contributed by atoms with van der Waals surface area (Å²) in [7, 11) is 0. The molecule has 1 aromatic carbocycles. The highest BCUT2D eigenvalue weighted by atomic mass is 32.1. The second kappa shape index (κ2) is 8.62. The average Bonchev–Trinajstić information content (AvgIpc) is 3.19. The smallest absolute Gasteiger partial charge is 0.243 e. The number of carbonyl (C=O) groups is 3. The number of likely N-dealkylation sites (tertiary alicyclic amines) is 1. The number of nitrogens with two attached hydrogens (primary N) is 2. The number of benzene rings is 1. The van der Waals surface area contributed by atoms with Crippen LogP contribution in [0.2, 0.25) is 0 Å². The lowest BCUT2D eigenvalue weighted by Gasteiger charge is -2.27. The zero-order chi connectivity index (χ0) is 22.1. The lowest BCUT2D eigenvalue weighted by Crippen LogP contribution is -2.52. The normalized spacial score (nSPS) is 22.6. The lowest BCUT2D eigenvalue weighted by atomic mass is 10.0. The van der Waals surface area contributed by atoms with Gasteiger partial charge in [-0.15, -0.1) is 11.3 Å². The fraction of sp³-hybridized carbons (Fsp3) is 0.476. The molecular weight excluding hydrogens is 416 g/mol. The van der Waals surface area contributed by atoms with Crippen molar-refractivity contribution in [2.24, 2.45) is 28.3 Å². The Kier molecular flexibility index (Phi) is 5.90.